The van der Waals surface area contributed by atoms with Crippen molar-refractivity contribution in [3.63, 3.8) is 0 Å². The Bertz CT molecular complexity index is 286. The fraction of sp³-hybridized carbons (Fsp3) is 0.538. The van der Waals surface area contributed by atoms with Gasteiger partial charge in [-0.15, -0.1) is 0 Å². The van der Waals surface area contributed by atoms with Crippen LogP contribution in [-0.4, -0.2) is 26.2 Å². The molecule has 0 heterocycles. The molecule has 1 saturated carbocycles. The van der Waals surface area contributed by atoms with Gasteiger partial charge in [-0.1, -0.05) is 0 Å². The summed E-state index contributed by atoms with van der Waals surface area (Å²) in [5.41, 5.74) is 1.43. The predicted octanol–water partition coefficient (Wildman–Crippen LogP) is 2.61. The van der Waals surface area contributed by atoms with Gasteiger partial charge in [0.2, 0.25) is 0 Å². The van der Waals surface area contributed by atoms with E-state index >= 15 is 0 Å². The first kappa shape index (κ1) is 11.2. The van der Waals surface area contributed by atoms with E-state index in [-0.39, 0.29) is 6.10 Å². The molecule has 0 bridgehead atoms. The number of hydrogen-bond acceptors (Lipinski definition) is 1. The van der Waals surface area contributed by atoms with Crippen molar-refractivity contribution in [3.05, 3.63) is 35.9 Å². The van der Waals surface area contributed by atoms with Crippen LogP contribution in [0.5, 0.6) is 0 Å². The summed E-state index contributed by atoms with van der Waals surface area (Å²) >= 11 is 0.571. The summed E-state index contributed by atoms with van der Waals surface area (Å²) in [6, 6.07) is 10.6. The predicted molar refractivity (Wildman–Crippen MR) is 64.1 cm³/mol. The molecule has 2 atom stereocenters. The van der Waals surface area contributed by atoms with Gasteiger partial charge in [-0.3, -0.25) is 0 Å². The summed E-state index contributed by atoms with van der Waals surface area (Å²) in [6.07, 6.45) is 4.80. The first-order valence-electron chi connectivity index (χ1n) is 5.70. The molecule has 2 rings (SSSR count). The summed E-state index contributed by atoms with van der Waals surface area (Å²) in [5, 5.41) is 11.0. The molecule has 0 unspecified atom stereocenters. The molecule has 0 saturated heterocycles. The molecular formula is C13H18OSe. The van der Waals surface area contributed by atoms with Gasteiger partial charge in [-0.25, -0.2) is 0 Å². The maximum atomic E-state index is 9.86. The van der Waals surface area contributed by atoms with Crippen LogP contribution in [0.3, 0.4) is 0 Å². The van der Waals surface area contributed by atoms with Crippen LogP contribution in [0, 0.1) is 0 Å². The normalized spacial score (nSPS) is 26.5. The molecule has 0 aromatic heterocycles. The van der Waals surface area contributed by atoms with Crippen LogP contribution in [0.15, 0.2) is 30.3 Å². The van der Waals surface area contributed by atoms with Gasteiger partial charge in [0.05, 0.1) is 0 Å². The molecule has 0 amide bonds. The van der Waals surface area contributed by atoms with E-state index in [0.717, 1.165) is 6.42 Å². The summed E-state index contributed by atoms with van der Waals surface area (Å²) in [5.74, 6) is 0. The van der Waals surface area contributed by atoms with Gasteiger partial charge in [0.25, 0.3) is 0 Å². The van der Waals surface area contributed by atoms with Gasteiger partial charge in [0, 0.05) is 0 Å². The molecule has 1 nitrogen and oxygen atoms in total. The van der Waals surface area contributed by atoms with Gasteiger partial charge in [-0.05, 0) is 0 Å². The molecule has 15 heavy (non-hydrogen) atoms. The zero-order chi connectivity index (χ0) is 10.5. The van der Waals surface area contributed by atoms with Crippen LogP contribution in [0.1, 0.15) is 31.2 Å². The van der Waals surface area contributed by atoms with E-state index < -0.39 is 0 Å². The summed E-state index contributed by atoms with van der Waals surface area (Å²) in [6.45, 7) is 0. The number of aliphatic hydroxyl groups is 1. The van der Waals surface area contributed by atoms with E-state index in [1.807, 2.05) is 0 Å². The maximum absolute atomic E-state index is 9.86. The molecule has 82 valence electrons. The second kappa shape index (κ2) is 5.69. The molecule has 1 N–H and O–H groups in total. The Balaban J connectivity index is 1.82. The van der Waals surface area contributed by atoms with E-state index in [1.54, 1.807) is 0 Å². The topological polar surface area (TPSA) is 20.2 Å². The van der Waals surface area contributed by atoms with Crippen molar-refractivity contribution in [2.45, 2.75) is 41.9 Å². The van der Waals surface area contributed by atoms with E-state index in [4.69, 9.17) is 0 Å². The Morgan fingerprint density at radius 3 is 2.60 bits per heavy atom. The van der Waals surface area contributed by atoms with Gasteiger partial charge < -0.3 is 0 Å². The molecule has 1 aliphatic rings. The second-order valence-corrected chi connectivity index (χ2v) is 6.76. The van der Waals surface area contributed by atoms with Gasteiger partial charge >= 0.3 is 97.9 Å². The average Bonchev–Trinajstić information content (AvgIpc) is 2.29. The average molecular weight is 269 g/mol. The van der Waals surface area contributed by atoms with Crippen molar-refractivity contribution in [1.29, 1.82) is 0 Å². The van der Waals surface area contributed by atoms with Crippen molar-refractivity contribution in [3.8, 4) is 0 Å². The van der Waals surface area contributed by atoms with Crippen LogP contribution in [0.4, 0.5) is 0 Å². The summed E-state index contributed by atoms with van der Waals surface area (Å²) in [7, 11) is 0. The van der Waals surface area contributed by atoms with Crippen LogP contribution >= 0.6 is 0 Å². The van der Waals surface area contributed by atoms with Gasteiger partial charge in [0.1, 0.15) is 0 Å². The van der Waals surface area contributed by atoms with Gasteiger partial charge in [0.15, 0.2) is 0 Å². The summed E-state index contributed by atoms with van der Waals surface area (Å²) in [4.78, 5) is 0.603. The third-order valence-electron chi connectivity index (χ3n) is 2.97. The number of hydrogen-bond donors (Lipinski definition) is 1. The molecule has 1 aromatic carbocycles. The van der Waals surface area contributed by atoms with Crippen molar-refractivity contribution in [1.82, 2.24) is 0 Å². The Morgan fingerprint density at radius 1 is 1.13 bits per heavy atom. The quantitative estimate of drug-likeness (QED) is 0.836. The monoisotopic (exact) mass is 270 g/mol. The van der Waals surface area contributed by atoms with Crippen molar-refractivity contribution in [2.75, 3.05) is 0 Å². The van der Waals surface area contributed by atoms with Crippen LogP contribution in [-0.2, 0) is 5.32 Å². The standard InChI is InChI=1S/C13H18OSe/c14-12-8-4-5-9-13(12)15-10-11-6-2-1-3-7-11/h1-3,6-7,12-14H,4-5,8-10H2/t12-,13-/m1/s1. The Kier molecular flexibility index (Phi) is 4.25. The Hall–Kier alpha value is -0.301. The molecule has 0 radical (unpaired) electrons. The minimum atomic E-state index is -0.0116. The zero-order valence-electron chi connectivity index (χ0n) is 8.93. The summed E-state index contributed by atoms with van der Waals surface area (Å²) < 4.78 is 0. The van der Waals surface area contributed by atoms with E-state index in [2.05, 4.69) is 30.3 Å². The third kappa shape index (κ3) is 3.34. The number of rotatable bonds is 3. The fourth-order valence-electron chi connectivity index (χ4n) is 2.05. The molecule has 0 aliphatic heterocycles. The van der Waals surface area contributed by atoms with Crippen molar-refractivity contribution in [2.24, 2.45) is 0 Å². The number of aliphatic hydroxyl groups excluding tert-OH is 1. The van der Waals surface area contributed by atoms with E-state index in [1.165, 1.54) is 30.1 Å². The SMILES string of the molecule is O[C@@H]1CCCC[C@H]1[Se]Cc1ccccc1. The first-order valence-corrected chi connectivity index (χ1v) is 7.90. The number of benzene rings is 1. The van der Waals surface area contributed by atoms with Crippen LogP contribution in [0.2, 0.25) is 4.82 Å². The Labute approximate surface area is 98.1 Å². The third-order valence-corrected chi connectivity index (χ3v) is 6.08. The molecule has 1 aliphatic carbocycles. The fourth-order valence-corrected chi connectivity index (χ4v) is 4.76. The van der Waals surface area contributed by atoms with E-state index in [0.29, 0.717) is 19.8 Å². The van der Waals surface area contributed by atoms with Crippen molar-refractivity contribution < 1.29 is 5.11 Å². The second-order valence-electron chi connectivity index (χ2n) is 4.19. The first-order chi connectivity index (χ1) is 7.36. The molecule has 1 aromatic rings. The van der Waals surface area contributed by atoms with Gasteiger partial charge in [-0.2, -0.15) is 0 Å². The molecule has 0 spiro atoms. The van der Waals surface area contributed by atoms with Crippen molar-refractivity contribution >= 4 is 15.0 Å². The molecule has 1 fully saturated rings. The molecule has 2 heteroatoms. The molecular weight excluding hydrogens is 251 g/mol. The zero-order valence-corrected chi connectivity index (χ0v) is 10.6. The van der Waals surface area contributed by atoms with Crippen LogP contribution < -0.4 is 0 Å². The minimum absolute atomic E-state index is 0.0116. The van der Waals surface area contributed by atoms with E-state index in [9.17, 15) is 5.11 Å². The van der Waals surface area contributed by atoms with Crippen LogP contribution in [0.25, 0.3) is 0 Å². The Morgan fingerprint density at radius 2 is 1.87 bits per heavy atom.